The second-order valence-corrected chi connectivity index (χ2v) is 6.13. The molecule has 1 amide bonds. The van der Waals surface area contributed by atoms with E-state index in [4.69, 9.17) is 9.47 Å². The first-order valence-electron chi connectivity index (χ1n) is 8.25. The zero-order chi connectivity index (χ0) is 16.9. The quantitative estimate of drug-likeness (QED) is 0.783. The third-order valence-corrected chi connectivity index (χ3v) is 4.33. The van der Waals surface area contributed by atoms with Crippen LogP contribution < -0.4 is 9.47 Å². The van der Waals surface area contributed by atoms with Gasteiger partial charge < -0.3 is 14.4 Å². The molecule has 24 heavy (non-hydrogen) atoms. The Morgan fingerprint density at radius 3 is 1.88 bits per heavy atom. The molecule has 0 radical (unpaired) electrons. The van der Waals surface area contributed by atoms with Gasteiger partial charge in [-0.15, -0.1) is 0 Å². The summed E-state index contributed by atoms with van der Waals surface area (Å²) in [5.74, 6) is 1.82. The van der Waals surface area contributed by atoms with Crippen molar-refractivity contribution in [2.45, 2.75) is 31.8 Å². The van der Waals surface area contributed by atoms with Gasteiger partial charge in [0.1, 0.15) is 11.5 Å². The highest BCUT2D eigenvalue weighted by molar-refractivity contribution is 5.79. The van der Waals surface area contributed by atoms with Crippen molar-refractivity contribution in [2.24, 2.45) is 0 Å². The molecule has 0 N–H and O–H groups in total. The summed E-state index contributed by atoms with van der Waals surface area (Å²) in [7, 11) is 3.30. The highest BCUT2D eigenvalue weighted by Crippen LogP contribution is 2.29. The second-order valence-electron chi connectivity index (χ2n) is 6.13. The number of rotatable bonds is 7. The molecule has 1 aliphatic rings. The Kier molecular flexibility index (Phi) is 5.04. The van der Waals surface area contributed by atoms with Gasteiger partial charge in [0.05, 0.1) is 20.6 Å². The number of carbonyl (C=O) groups is 1. The molecule has 0 atom stereocenters. The van der Waals surface area contributed by atoms with E-state index in [1.807, 2.05) is 53.4 Å². The van der Waals surface area contributed by atoms with Crippen LogP contribution in [0.1, 0.15) is 24.0 Å². The first kappa shape index (κ1) is 16.4. The molecule has 0 bridgehead atoms. The summed E-state index contributed by atoms with van der Waals surface area (Å²) >= 11 is 0. The molecule has 4 heteroatoms. The number of carbonyl (C=O) groups excluding carboxylic acids is 1. The molecule has 4 nitrogen and oxygen atoms in total. The fraction of sp³-hybridized carbons (Fsp3) is 0.350. The molecule has 0 aliphatic heterocycles. The van der Waals surface area contributed by atoms with E-state index in [1.165, 1.54) is 0 Å². The number of hydrogen-bond acceptors (Lipinski definition) is 3. The van der Waals surface area contributed by atoms with Crippen molar-refractivity contribution >= 4 is 5.91 Å². The largest absolute Gasteiger partial charge is 0.497 e. The van der Waals surface area contributed by atoms with Gasteiger partial charge in [0.2, 0.25) is 5.91 Å². The van der Waals surface area contributed by atoms with Crippen LogP contribution in [-0.4, -0.2) is 31.1 Å². The maximum absolute atomic E-state index is 12.7. The number of ether oxygens (including phenoxy) is 2. The molecule has 0 aromatic heterocycles. The zero-order valence-corrected chi connectivity index (χ0v) is 14.2. The molecule has 3 rings (SSSR count). The Labute approximate surface area is 143 Å². The van der Waals surface area contributed by atoms with E-state index in [1.54, 1.807) is 14.2 Å². The average Bonchev–Trinajstić information content (AvgIpc) is 3.45. The van der Waals surface area contributed by atoms with Gasteiger partial charge in [-0.05, 0) is 48.2 Å². The molecule has 1 aliphatic carbocycles. The van der Waals surface area contributed by atoms with E-state index >= 15 is 0 Å². The molecule has 0 spiro atoms. The minimum atomic E-state index is 0.179. The van der Waals surface area contributed by atoms with E-state index in [-0.39, 0.29) is 5.91 Å². The van der Waals surface area contributed by atoms with Gasteiger partial charge in [0, 0.05) is 12.6 Å². The number of hydrogen-bond donors (Lipinski definition) is 0. The summed E-state index contributed by atoms with van der Waals surface area (Å²) in [4.78, 5) is 14.8. The van der Waals surface area contributed by atoms with Crippen LogP contribution in [0.3, 0.4) is 0 Å². The summed E-state index contributed by atoms with van der Waals surface area (Å²) in [6.45, 7) is 0.656. The van der Waals surface area contributed by atoms with E-state index in [0.29, 0.717) is 19.0 Å². The average molecular weight is 325 g/mol. The van der Waals surface area contributed by atoms with E-state index < -0.39 is 0 Å². The SMILES string of the molecule is COc1ccc(CC(=O)N(Cc2ccc(OC)cc2)C2CC2)cc1. The Morgan fingerprint density at radius 1 is 0.917 bits per heavy atom. The normalized spacial score (nSPS) is 13.4. The first-order chi connectivity index (χ1) is 11.7. The Balaban J connectivity index is 1.66. The van der Waals surface area contributed by atoms with Crippen molar-refractivity contribution in [2.75, 3.05) is 14.2 Å². The van der Waals surface area contributed by atoms with Crippen molar-refractivity contribution in [3.05, 3.63) is 59.7 Å². The minimum absolute atomic E-state index is 0.179. The lowest BCUT2D eigenvalue weighted by Crippen LogP contribution is -2.33. The van der Waals surface area contributed by atoms with Gasteiger partial charge in [-0.2, -0.15) is 0 Å². The van der Waals surface area contributed by atoms with Gasteiger partial charge >= 0.3 is 0 Å². The van der Waals surface area contributed by atoms with Crippen LogP contribution >= 0.6 is 0 Å². The molecule has 2 aromatic carbocycles. The topological polar surface area (TPSA) is 38.8 Å². The number of nitrogens with zero attached hydrogens (tertiary/aromatic N) is 1. The van der Waals surface area contributed by atoms with E-state index in [9.17, 15) is 4.79 Å². The molecule has 1 fully saturated rings. The molecule has 0 saturated heterocycles. The molecule has 0 heterocycles. The van der Waals surface area contributed by atoms with Crippen molar-refractivity contribution < 1.29 is 14.3 Å². The van der Waals surface area contributed by atoms with Crippen LogP contribution in [0.5, 0.6) is 11.5 Å². The first-order valence-corrected chi connectivity index (χ1v) is 8.25. The van der Waals surface area contributed by atoms with Crippen LogP contribution in [-0.2, 0) is 17.8 Å². The van der Waals surface area contributed by atoms with Gasteiger partial charge in [-0.1, -0.05) is 24.3 Å². The highest BCUT2D eigenvalue weighted by Gasteiger charge is 2.32. The zero-order valence-electron chi connectivity index (χ0n) is 14.2. The lowest BCUT2D eigenvalue weighted by atomic mass is 10.1. The van der Waals surface area contributed by atoms with Crippen LogP contribution in [0.25, 0.3) is 0 Å². The van der Waals surface area contributed by atoms with Crippen LogP contribution in [0.15, 0.2) is 48.5 Å². The summed E-state index contributed by atoms with van der Waals surface area (Å²) in [5.41, 5.74) is 2.15. The Morgan fingerprint density at radius 2 is 1.42 bits per heavy atom. The van der Waals surface area contributed by atoms with Crippen molar-refractivity contribution in [1.82, 2.24) is 4.90 Å². The molecule has 126 valence electrons. The number of benzene rings is 2. The van der Waals surface area contributed by atoms with E-state index in [2.05, 4.69) is 0 Å². The lowest BCUT2D eigenvalue weighted by molar-refractivity contribution is -0.131. The lowest BCUT2D eigenvalue weighted by Gasteiger charge is -2.23. The standard InChI is InChI=1S/C20H23NO3/c1-23-18-9-3-15(4-10-18)13-20(22)21(17-7-8-17)14-16-5-11-19(24-2)12-6-16/h3-6,9-12,17H,7-8,13-14H2,1-2H3. The summed E-state index contributed by atoms with van der Waals surface area (Å²) in [6.07, 6.45) is 2.63. The van der Waals surface area contributed by atoms with Crippen LogP contribution in [0.2, 0.25) is 0 Å². The smallest absolute Gasteiger partial charge is 0.227 e. The second kappa shape index (κ2) is 7.39. The molecular formula is C20H23NO3. The Hall–Kier alpha value is -2.49. The van der Waals surface area contributed by atoms with Gasteiger partial charge in [-0.25, -0.2) is 0 Å². The predicted molar refractivity (Wildman–Crippen MR) is 93.3 cm³/mol. The fourth-order valence-electron chi connectivity index (χ4n) is 2.75. The molecular weight excluding hydrogens is 302 g/mol. The number of methoxy groups -OCH3 is 2. The fourth-order valence-corrected chi connectivity index (χ4v) is 2.75. The van der Waals surface area contributed by atoms with Crippen LogP contribution in [0.4, 0.5) is 0 Å². The monoisotopic (exact) mass is 325 g/mol. The third kappa shape index (κ3) is 4.07. The summed E-state index contributed by atoms with van der Waals surface area (Å²) in [5, 5.41) is 0. The van der Waals surface area contributed by atoms with Crippen molar-refractivity contribution in [3.8, 4) is 11.5 Å². The maximum Gasteiger partial charge on any atom is 0.227 e. The molecule has 0 unspecified atom stereocenters. The van der Waals surface area contributed by atoms with Gasteiger partial charge in [0.15, 0.2) is 0 Å². The summed E-state index contributed by atoms with van der Waals surface area (Å²) < 4.78 is 10.4. The minimum Gasteiger partial charge on any atom is -0.497 e. The summed E-state index contributed by atoms with van der Waals surface area (Å²) in [6, 6.07) is 16.0. The van der Waals surface area contributed by atoms with Crippen LogP contribution in [0, 0.1) is 0 Å². The molecule has 2 aromatic rings. The predicted octanol–water partition coefficient (Wildman–Crippen LogP) is 3.44. The number of amides is 1. The highest BCUT2D eigenvalue weighted by atomic mass is 16.5. The third-order valence-electron chi connectivity index (χ3n) is 4.33. The van der Waals surface area contributed by atoms with Crippen molar-refractivity contribution in [1.29, 1.82) is 0 Å². The maximum atomic E-state index is 12.7. The Bertz CT molecular complexity index is 675. The van der Waals surface area contributed by atoms with Gasteiger partial charge in [0.25, 0.3) is 0 Å². The van der Waals surface area contributed by atoms with Gasteiger partial charge in [-0.3, -0.25) is 4.79 Å². The van der Waals surface area contributed by atoms with E-state index in [0.717, 1.165) is 35.5 Å². The molecule has 1 saturated carbocycles. The van der Waals surface area contributed by atoms with Crippen molar-refractivity contribution in [3.63, 3.8) is 0 Å².